The quantitative estimate of drug-likeness (QED) is 0.734. The van der Waals surface area contributed by atoms with Gasteiger partial charge in [0.2, 0.25) is 0 Å². The molecule has 96 valence electrons. The zero-order valence-corrected chi connectivity index (χ0v) is 10.5. The molecule has 5 heteroatoms. The van der Waals surface area contributed by atoms with Gasteiger partial charge in [0.05, 0.1) is 12.0 Å². The van der Waals surface area contributed by atoms with Gasteiger partial charge in [-0.3, -0.25) is 4.94 Å². The predicted molar refractivity (Wildman–Crippen MR) is 59.3 cm³/mol. The lowest BCUT2D eigenvalue weighted by atomic mass is 10.0. The van der Waals surface area contributed by atoms with Gasteiger partial charge in [-0.05, 0) is 40.5 Å². The third-order valence-corrected chi connectivity index (χ3v) is 2.26. The van der Waals surface area contributed by atoms with Crippen LogP contribution in [0.25, 0.3) is 0 Å². The monoisotopic (exact) mass is 235 g/mol. The van der Waals surface area contributed by atoms with Gasteiger partial charge in [0.1, 0.15) is 0 Å². The highest BCUT2D eigenvalue weighted by Crippen LogP contribution is 2.18. The van der Waals surface area contributed by atoms with Gasteiger partial charge in [-0.2, -0.15) is 0 Å². The fourth-order valence-electron chi connectivity index (χ4n) is 1.10. The number of carbonyl (C=O) groups is 1. The van der Waals surface area contributed by atoms with Crippen molar-refractivity contribution >= 4 is 5.97 Å². The topological polar surface area (TPSA) is 61.5 Å². The number of carbonyl (C=O) groups excluding carboxylic acids is 1. The van der Waals surface area contributed by atoms with Crippen LogP contribution in [0, 0.1) is 0 Å². The van der Waals surface area contributed by atoms with Gasteiger partial charge < -0.3 is 10.5 Å². The minimum atomic E-state index is -0.865. The molecule has 0 aromatic rings. The summed E-state index contributed by atoms with van der Waals surface area (Å²) in [4.78, 5) is 13.7. The number of hydrogen-bond acceptors (Lipinski definition) is 4. The second kappa shape index (κ2) is 6.15. The summed E-state index contributed by atoms with van der Waals surface area (Å²) in [5, 5.41) is 0. The molecular formula is C11H22FNO3. The maximum atomic E-state index is 11.5. The Morgan fingerprint density at radius 2 is 1.81 bits per heavy atom. The van der Waals surface area contributed by atoms with Crippen molar-refractivity contribution in [2.24, 2.45) is 5.73 Å². The van der Waals surface area contributed by atoms with Crippen LogP contribution in [0.1, 0.15) is 47.0 Å². The SMILES string of the molecule is CC(C)(N)CCOC(C)(C)CCC(=O)OF. The predicted octanol–water partition coefficient (Wildman–Crippen LogP) is 2.12. The number of halogens is 1. The number of rotatable bonds is 7. The Hall–Kier alpha value is -0.680. The van der Waals surface area contributed by atoms with Crippen LogP contribution >= 0.6 is 0 Å². The number of nitrogens with two attached hydrogens (primary N) is 1. The number of hydrogen-bond donors (Lipinski definition) is 1. The van der Waals surface area contributed by atoms with Gasteiger partial charge in [-0.15, -0.1) is 0 Å². The first kappa shape index (κ1) is 15.3. The highest BCUT2D eigenvalue weighted by atomic mass is 19.3. The zero-order valence-electron chi connectivity index (χ0n) is 10.5. The van der Waals surface area contributed by atoms with E-state index in [2.05, 4.69) is 4.94 Å². The van der Waals surface area contributed by atoms with Crippen LogP contribution < -0.4 is 5.73 Å². The van der Waals surface area contributed by atoms with Crippen molar-refractivity contribution < 1.29 is 19.0 Å². The summed E-state index contributed by atoms with van der Waals surface area (Å²) >= 11 is 0. The van der Waals surface area contributed by atoms with Gasteiger partial charge in [0.25, 0.3) is 0 Å². The van der Waals surface area contributed by atoms with Crippen molar-refractivity contribution in [3.8, 4) is 0 Å². The van der Waals surface area contributed by atoms with E-state index in [1.54, 1.807) is 0 Å². The first-order valence-corrected chi connectivity index (χ1v) is 5.40. The molecule has 0 unspecified atom stereocenters. The molecule has 0 aliphatic rings. The third-order valence-electron chi connectivity index (χ3n) is 2.26. The van der Waals surface area contributed by atoms with Crippen LogP contribution in [0.2, 0.25) is 0 Å². The lowest BCUT2D eigenvalue weighted by Gasteiger charge is -2.27. The molecule has 0 amide bonds. The smallest absolute Gasteiger partial charge is 0.348 e. The van der Waals surface area contributed by atoms with Crippen LogP contribution in [0.15, 0.2) is 0 Å². The molecule has 4 nitrogen and oxygen atoms in total. The first-order chi connectivity index (χ1) is 7.16. The molecule has 0 radical (unpaired) electrons. The standard InChI is InChI=1S/C11H22FNO3/c1-10(2,13)7-8-15-11(3,4)6-5-9(14)16-12/h5-8,13H2,1-4H3. The van der Waals surface area contributed by atoms with Crippen molar-refractivity contribution in [3.05, 3.63) is 0 Å². The average Bonchev–Trinajstić information content (AvgIpc) is 2.12. The van der Waals surface area contributed by atoms with Crippen LogP contribution in [0.4, 0.5) is 4.53 Å². The molecule has 0 saturated carbocycles. The molecule has 2 N–H and O–H groups in total. The van der Waals surface area contributed by atoms with Gasteiger partial charge in [0.15, 0.2) is 0 Å². The van der Waals surface area contributed by atoms with Gasteiger partial charge in [-0.1, -0.05) is 0 Å². The van der Waals surface area contributed by atoms with Crippen molar-refractivity contribution in [2.75, 3.05) is 6.61 Å². The molecule has 0 heterocycles. The van der Waals surface area contributed by atoms with Crippen molar-refractivity contribution in [3.63, 3.8) is 0 Å². The highest BCUT2D eigenvalue weighted by molar-refractivity contribution is 5.68. The van der Waals surface area contributed by atoms with Gasteiger partial charge in [0, 0.05) is 16.7 Å². The van der Waals surface area contributed by atoms with Gasteiger partial charge in [-0.25, -0.2) is 4.79 Å². The summed E-state index contributed by atoms with van der Waals surface area (Å²) in [6.07, 6.45) is 1.15. The van der Waals surface area contributed by atoms with E-state index in [-0.39, 0.29) is 12.0 Å². The van der Waals surface area contributed by atoms with Crippen LogP contribution in [0.3, 0.4) is 0 Å². The minimum absolute atomic E-state index is 0.00944. The lowest BCUT2D eigenvalue weighted by Crippen LogP contribution is -2.35. The van der Waals surface area contributed by atoms with E-state index in [4.69, 9.17) is 10.5 Å². The largest absolute Gasteiger partial charge is 0.375 e. The van der Waals surface area contributed by atoms with E-state index in [1.807, 2.05) is 27.7 Å². The summed E-state index contributed by atoms with van der Waals surface area (Å²) in [6.45, 7) is 8.05. The normalized spacial score (nSPS) is 12.6. The first-order valence-electron chi connectivity index (χ1n) is 5.40. The fourth-order valence-corrected chi connectivity index (χ4v) is 1.10. The Kier molecular flexibility index (Phi) is 5.89. The molecule has 0 bridgehead atoms. The van der Waals surface area contributed by atoms with E-state index in [0.29, 0.717) is 13.0 Å². The average molecular weight is 235 g/mol. The molecule has 0 atom stereocenters. The van der Waals surface area contributed by atoms with Crippen molar-refractivity contribution in [1.82, 2.24) is 0 Å². The minimum Gasteiger partial charge on any atom is -0.375 e. The highest BCUT2D eigenvalue weighted by Gasteiger charge is 2.22. The van der Waals surface area contributed by atoms with E-state index >= 15 is 0 Å². The molecule has 0 spiro atoms. The Bertz CT molecular complexity index is 224. The molecule has 0 fully saturated rings. The Morgan fingerprint density at radius 1 is 1.25 bits per heavy atom. The Labute approximate surface area is 96.2 Å². The molecule has 0 aromatic heterocycles. The molecule has 0 aliphatic heterocycles. The second-order valence-electron chi connectivity index (χ2n) is 5.30. The fraction of sp³-hybridized carbons (Fsp3) is 0.909. The van der Waals surface area contributed by atoms with Crippen LogP contribution in [-0.4, -0.2) is 23.7 Å². The molecular weight excluding hydrogens is 213 g/mol. The number of ether oxygens (including phenoxy) is 1. The van der Waals surface area contributed by atoms with E-state index in [1.165, 1.54) is 0 Å². The summed E-state index contributed by atoms with van der Waals surface area (Å²) in [7, 11) is 0. The summed E-state index contributed by atoms with van der Waals surface area (Å²) < 4.78 is 17.1. The molecule has 0 aliphatic carbocycles. The van der Waals surface area contributed by atoms with Crippen LogP contribution in [0.5, 0.6) is 0 Å². The van der Waals surface area contributed by atoms with Crippen molar-refractivity contribution in [1.29, 1.82) is 0 Å². The van der Waals surface area contributed by atoms with E-state index in [9.17, 15) is 9.32 Å². The maximum absolute atomic E-state index is 11.5. The molecule has 0 saturated heterocycles. The summed E-state index contributed by atoms with van der Waals surface area (Å²) in [5.74, 6) is -0.865. The van der Waals surface area contributed by atoms with E-state index < -0.39 is 11.6 Å². The molecule has 0 rings (SSSR count). The zero-order chi connectivity index (χ0) is 12.8. The summed E-state index contributed by atoms with van der Waals surface area (Å²) in [5.41, 5.74) is 5.06. The van der Waals surface area contributed by atoms with E-state index in [0.717, 1.165) is 6.42 Å². The Balaban J connectivity index is 3.82. The third kappa shape index (κ3) is 8.61. The maximum Gasteiger partial charge on any atom is 0.348 e. The van der Waals surface area contributed by atoms with Crippen molar-refractivity contribution in [2.45, 2.75) is 58.1 Å². The summed E-state index contributed by atoms with van der Waals surface area (Å²) in [6, 6.07) is 0. The Morgan fingerprint density at radius 3 is 2.25 bits per heavy atom. The lowest BCUT2D eigenvalue weighted by molar-refractivity contribution is -0.185. The van der Waals surface area contributed by atoms with Crippen LogP contribution in [-0.2, 0) is 14.5 Å². The van der Waals surface area contributed by atoms with Gasteiger partial charge >= 0.3 is 5.97 Å². The molecule has 16 heavy (non-hydrogen) atoms. The second-order valence-corrected chi connectivity index (χ2v) is 5.30. The molecule has 0 aromatic carbocycles.